The molecule has 1 aromatic carbocycles. The predicted molar refractivity (Wildman–Crippen MR) is 79.0 cm³/mol. The highest BCUT2D eigenvalue weighted by Crippen LogP contribution is 2.33. The smallest absolute Gasteiger partial charge is 0.133 e. The van der Waals surface area contributed by atoms with Crippen LogP contribution in [0.2, 0.25) is 0 Å². The number of aromatic nitrogens is 1. The van der Waals surface area contributed by atoms with Crippen molar-refractivity contribution in [3.8, 4) is 5.75 Å². The number of hydrogen-bond acceptors (Lipinski definition) is 4. The quantitative estimate of drug-likeness (QED) is 0.851. The highest BCUT2D eigenvalue weighted by atomic mass is 79.9. The number of anilines is 1. The molecule has 5 heteroatoms. The molecule has 0 saturated carbocycles. The van der Waals surface area contributed by atoms with Crippen LogP contribution in [0.4, 0.5) is 5.82 Å². The first-order chi connectivity index (χ1) is 9.29. The number of rotatable bonds is 2. The molecule has 0 radical (unpaired) electrons. The van der Waals surface area contributed by atoms with Crippen LogP contribution in [-0.2, 0) is 4.74 Å². The molecule has 0 N–H and O–H groups in total. The van der Waals surface area contributed by atoms with Gasteiger partial charge in [-0.15, -0.1) is 0 Å². The van der Waals surface area contributed by atoms with E-state index in [1.807, 2.05) is 12.1 Å². The van der Waals surface area contributed by atoms with Crippen molar-refractivity contribution in [1.82, 2.24) is 4.98 Å². The van der Waals surface area contributed by atoms with Gasteiger partial charge in [0.2, 0.25) is 0 Å². The summed E-state index contributed by atoms with van der Waals surface area (Å²) < 4.78 is 11.6. The van der Waals surface area contributed by atoms with E-state index >= 15 is 0 Å². The van der Waals surface area contributed by atoms with Gasteiger partial charge in [0.25, 0.3) is 0 Å². The van der Waals surface area contributed by atoms with E-state index < -0.39 is 0 Å². The number of fused-ring (bicyclic) bond motifs is 1. The Labute approximate surface area is 120 Å². The Morgan fingerprint density at radius 3 is 2.74 bits per heavy atom. The Bertz CT molecular complexity index is 597. The van der Waals surface area contributed by atoms with E-state index in [0.717, 1.165) is 53.2 Å². The lowest BCUT2D eigenvalue weighted by Crippen LogP contribution is -2.36. The van der Waals surface area contributed by atoms with E-state index in [9.17, 15) is 0 Å². The molecule has 0 spiro atoms. The summed E-state index contributed by atoms with van der Waals surface area (Å²) >= 11 is 3.56. The Morgan fingerprint density at radius 1 is 1.21 bits per heavy atom. The Balaban J connectivity index is 2.01. The highest BCUT2D eigenvalue weighted by Gasteiger charge is 2.14. The van der Waals surface area contributed by atoms with Gasteiger partial charge in [-0.25, -0.2) is 4.98 Å². The van der Waals surface area contributed by atoms with Gasteiger partial charge < -0.3 is 14.4 Å². The fraction of sp³-hybridized carbons (Fsp3) is 0.357. The summed E-state index contributed by atoms with van der Waals surface area (Å²) in [6.07, 6.45) is 0. The number of nitrogens with zero attached hydrogens (tertiary/aromatic N) is 2. The van der Waals surface area contributed by atoms with Gasteiger partial charge in [0.15, 0.2) is 0 Å². The third-order valence-corrected chi connectivity index (χ3v) is 4.13. The molecule has 3 rings (SSSR count). The second-order valence-corrected chi connectivity index (χ2v) is 5.21. The molecule has 1 aliphatic rings. The van der Waals surface area contributed by atoms with Crippen LogP contribution in [0.1, 0.15) is 0 Å². The first-order valence-corrected chi connectivity index (χ1v) is 7.05. The molecular formula is C14H15BrN2O2. The van der Waals surface area contributed by atoms with Gasteiger partial charge in [-0.2, -0.15) is 0 Å². The number of morpholine rings is 1. The lowest BCUT2D eigenvalue weighted by atomic mass is 10.2. The first-order valence-electron chi connectivity index (χ1n) is 6.25. The van der Waals surface area contributed by atoms with Gasteiger partial charge in [-0.1, -0.05) is 0 Å². The highest BCUT2D eigenvalue weighted by molar-refractivity contribution is 9.10. The zero-order valence-electron chi connectivity index (χ0n) is 10.7. The molecule has 2 aromatic rings. The zero-order valence-corrected chi connectivity index (χ0v) is 12.3. The molecule has 0 atom stereocenters. The summed E-state index contributed by atoms with van der Waals surface area (Å²) in [7, 11) is 1.67. The molecule has 0 unspecified atom stereocenters. The second kappa shape index (κ2) is 5.35. The molecule has 2 heterocycles. The molecular weight excluding hydrogens is 308 g/mol. The van der Waals surface area contributed by atoms with Crippen LogP contribution in [0.25, 0.3) is 10.9 Å². The molecule has 1 saturated heterocycles. The van der Waals surface area contributed by atoms with Gasteiger partial charge in [0.05, 0.1) is 30.3 Å². The maximum Gasteiger partial charge on any atom is 0.133 e. The van der Waals surface area contributed by atoms with Gasteiger partial charge in [-0.05, 0) is 40.2 Å². The number of ether oxygens (including phenoxy) is 2. The molecule has 100 valence electrons. The van der Waals surface area contributed by atoms with Gasteiger partial charge in [0, 0.05) is 18.5 Å². The topological polar surface area (TPSA) is 34.6 Å². The summed E-state index contributed by atoms with van der Waals surface area (Å²) in [5, 5.41) is 1.07. The maximum atomic E-state index is 5.36. The molecule has 1 fully saturated rings. The van der Waals surface area contributed by atoms with Gasteiger partial charge in [0.1, 0.15) is 11.6 Å². The van der Waals surface area contributed by atoms with Crippen molar-refractivity contribution in [3.05, 3.63) is 28.7 Å². The van der Waals surface area contributed by atoms with Crippen LogP contribution in [0, 0.1) is 0 Å². The summed E-state index contributed by atoms with van der Waals surface area (Å²) in [4.78, 5) is 6.97. The average Bonchev–Trinajstić information content (AvgIpc) is 2.48. The first kappa shape index (κ1) is 12.7. The van der Waals surface area contributed by atoms with Crippen LogP contribution in [-0.4, -0.2) is 38.4 Å². The minimum absolute atomic E-state index is 0.770. The maximum absolute atomic E-state index is 5.36. The summed E-state index contributed by atoms with van der Waals surface area (Å²) in [6, 6.07) is 8.06. The third kappa shape index (κ3) is 2.40. The SMILES string of the molecule is COc1ccc2nc(N3CCOCC3)ccc2c1Br. The van der Waals surface area contributed by atoms with Crippen molar-refractivity contribution in [3.63, 3.8) is 0 Å². The van der Waals surface area contributed by atoms with E-state index in [-0.39, 0.29) is 0 Å². The molecule has 0 aliphatic carbocycles. The summed E-state index contributed by atoms with van der Waals surface area (Å²) in [5.74, 6) is 1.83. The third-order valence-electron chi connectivity index (χ3n) is 3.31. The number of pyridine rings is 1. The van der Waals surface area contributed by atoms with Crippen molar-refractivity contribution in [2.45, 2.75) is 0 Å². The number of benzene rings is 1. The van der Waals surface area contributed by atoms with Crippen LogP contribution < -0.4 is 9.64 Å². The van der Waals surface area contributed by atoms with Crippen LogP contribution in [0.3, 0.4) is 0 Å². The molecule has 0 bridgehead atoms. The van der Waals surface area contributed by atoms with E-state index in [0.29, 0.717) is 0 Å². The van der Waals surface area contributed by atoms with E-state index in [2.05, 4.69) is 33.0 Å². The Morgan fingerprint density at radius 2 is 2.00 bits per heavy atom. The molecule has 1 aliphatic heterocycles. The summed E-state index contributed by atoms with van der Waals surface area (Å²) in [6.45, 7) is 3.34. The lowest BCUT2D eigenvalue weighted by molar-refractivity contribution is 0.122. The molecule has 1 aromatic heterocycles. The standard InChI is InChI=1S/C14H15BrN2O2/c1-18-12-4-3-11-10(14(12)15)2-5-13(16-11)17-6-8-19-9-7-17/h2-5H,6-9H2,1H3. The number of halogens is 1. The molecule has 19 heavy (non-hydrogen) atoms. The van der Waals surface area contributed by atoms with Crippen molar-refractivity contribution in [2.75, 3.05) is 38.3 Å². The summed E-state index contributed by atoms with van der Waals surface area (Å²) in [5.41, 5.74) is 0.969. The van der Waals surface area contributed by atoms with E-state index in [1.165, 1.54) is 0 Å². The molecule has 0 amide bonds. The van der Waals surface area contributed by atoms with E-state index in [4.69, 9.17) is 14.5 Å². The number of methoxy groups -OCH3 is 1. The van der Waals surface area contributed by atoms with Crippen molar-refractivity contribution < 1.29 is 9.47 Å². The average molecular weight is 323 g/mol. The fourth-order valence-corrected chi connectivity index (χ4v) is 2.89. The largest absolute Gasteiger partial charge is 0.496 e. The van der Waals surface area contributed by atoms with Gasteiger partial charge >= 0.3 is 0 Å². The van der Waals surface area contributed by atoms with Crippen molar-refractivity contribution >= 4 is 32.7 Å². The normalized spacial score (nSPS) is 15.8. The fourth-order valence-electron chi connectivity index (χ4n) is 2.26. The van der Waals surface area contributed by atoms with Crippen LogP contribution in [0.15, 0.2) is 28.7 Å². The van der Waals surface area contributed by atoms with Crippen LogP contribution in [0.5, 0.6) is 5.75 Å². The Kier molecular flexibility index (Phi) is 3.57. The predicted octanol–water partition coefficient (Wildman–Crippen LogP) is 2.84. The second-order valence-electron chi connectivity index (χ2n) is 4.42. The van der Waals surface area contributed by atoms with Crippen molar-refractivity contribution in [1.29, 1.82) is 0 Å². The van der Waals surface area contributed by atoms with Crippen molar-refractivity contribution in [2.24, 2.45) is 0 Å². The minimum atomic E-state index is 0.770. The number of hydrogen-bond donors (Lipinski definition) is 0. The lowest BCUT2D eigenvalue weighted by Gasteiger charge is -2.28. The minimum Gasteiger partial charge on any atom is -0.496 e. The van der Waals surface area contributed by atoms with Crippen LogP contribution >= 0.6 is 15.9 Å². The van der Waals surface area contributed by atoms with E-state index in [1.54, 1.807) is 7.11 Å². The Hall–Kier alpha value is -1.33. The van der Waals surface area contributed by atoms with Gasteiger partial charge in [-0.3, -0.25) is 0 Å². The molecule has 4 nitrogen and oxygen atoms in total. The zero-order chi connectivity index (χ0) is 13.2. The monoisotopic (exact) mass is 322 g/mol.